The fraction of sp³-hybridized carbons (Fsp3) is 0.600. The molecule has 0 fully saturated rings. The van der Waals surface area contributed by atoms with Crippen LogP contribution in [0.2, 0.25) is 0 Å². The molecule has 1 aromatic rings. The molecule has 0 bridgehead atoms. The summed E-state index contributed by atoms with van der Waals surface area (Å²) < 4.78 is 2.06. The lowest BCUT2D eigenvalue weighted by molar-refractivity contribution is -0.0979. The molecule has 3 N–H and O–H groups in total. The van der Waals surface area contributed by atoms with Crippen molar-refractivity contribution < 1.29 is 20.1 Å². The number of carbonyl (C=O) groups is 1. The molecule has 10 nitrogen and oxygen atoms in total. The normalized spacial score (nSPS) is 9.95. The number of carbonyl (C=O) groups excluding carboxylic acids is 1. The molecule has 0 aliphatic carbocycles. The Labute approximate surface area is 112 Å². The van der Waals surface area contributed by atoms with Gasteiger partial charge < -0.3 is 20.1 Å². The van der Waals surface area contributed by atoms with Crippen molar-refractivity contribution in [3.8, 4) is 0 Å². The molecule has 0 atom stereocenters. The molecule has 0 saturated heterocycles. The van der Waals surface area contributed by atoms with Crippen molar-refractivity contribution in [2.75, 3.05) is 19.8 Å². The highest BCUT2D eigenvalue weighted by Crippen LogP contribution is 1.76. The Morgan fingerprint density at radius 3 is 1.00 bits per heavy atom. The second-order valence-electron chi connectivity index (χ2n) is 3.47. The average molecular weight is 291 g/mol. The van der Waals surface area contributed by atoms with Crippen LogP contribution in [-0.2, 0) is 24.4 Å². The van der Waals surface area contributed by atoms with Gasteiger partial charge in [-0.15, -0.1) is 0 Å². The van der Waals surface area contributed by atoms with Gasteiger partial charge in [0.05, 0.1) is 39.5 Å². The molecule has 0 saturated carbocycles. The minimum Gasteiger partial charge on any atom is -0.395 e. The molecule has 20 heavy (non-hydrogen) atoms. The van der Waals surface area contributed by atoms with Crippen molar-refractivity contribution in [1.29, 1.82) is 0 Å². The van der Waals surface area contributed by atoms with Crippen molar-refractivity contribution in [1.82, 2.24) is 13.7 Å². The highest BCUT2D eigenvalue weighted by molar-refractivity contribution is 5.10. The van der Waals surface area contributed by atoms with Gasteiger partial charge in [0.2, 0.25) is 0 Å². The molecule has 0 unspecified atom stereocenters. The molecule has 0 aliphatic heterocycles. The lowest BCUT2D eigenvalue weighted by Crippen LogP contribution is -2.55. The van der Waals surface area contributed by atoms with E-state index in [9.17, 15) is 14.4 Å². The van der Waals surface area contributed by atoms with E-state index in [-0.39, 0.29) is 19.6 Å². The van der Waals surface area contributed by atoms with E-state index in [1.54, 1.807) is 0 Å². The average Bonchev–Trinajstić information content (AvgIpc) is 2.46. The predicted molar refractivity (Wildman–Crippen MR) is 67.6 cm³/mol. The highest BCUT2D eigenvalue weighted by atomic mass is 16.3. The first kappa shape index (κ1) is 18.0. The molecule has 0 amide bonds. The number of hydrogen-bond donors (Lipinski definition) is 3. The van der Waals surface area contributed by atoms with E-state index in [1.165, 1.54) is 0 Å². The number of aliphatic hydroxyl groups is 3. The number of hydrogen-bond acceptors (Lipinski definition) is 7. The Hall–Kier alpha value is -2.04. The topological polar surface area (TPSA) is 144 Å². The molecule has 0 spiro atoms. The minimum absolute atomic E-state index is 0.255. The van der Waals surface area contributed by atoms with Crippen LogP contribution in [0, 0.1) is 0 Å². The standard InChI is InChI=1S/C9H15N3O6.CH2O/c13-4-1-10-7(16)11(2-5-14)9(18)12(3-6-15)8(10)17;1-2/h13-15H,1-6H2;1H2. The Bertz CT molecular complexity index is 475. The third kappa shape index (κ3) is 3.73. The Kier molecular flexibility index (Phi) is 8.04. The highest BCUT2D eigenvalue weighted by Gasteiger charge is 2.14. The zero-order chi connectivity index (χ0) is 15.7. The summed E-state index contributed by atoms with van der Waals surface area (Å²) >= 11 is 0. The van der Waals surface area contributed by atoms with E-state index in [0.717, 1.165) is 0 Å². The number of nitrogens with zero attached hydrogens (tertiary/aromatic N) is 3. The summed E-state index contributed by atoms with van der Waals surface area (Å²) in [6.45, 7) is -0.0821. The second kappa shape index (κ2) is 8.96. The van der Waals surface area contributed by atoms with Gasteiger partial charge in [-0.2, -0.15) is 0 Å². The van der Waals surface area contributed by atoms with Gasteiger partial charge in [0.25, 0.3) is 0 Å². The second-order valence-corrected chi connectivity index (χ2v) is 3.47. The zero-order valence-electron chi connectivity index (χ0n) is 10.8. The van der Waals surface area contributed by atoms with Crippen LogP contribution in [0.3, 0.4) is 0 Å². The van der Waals surface area contributed by atoms with Crippen molar-refractivity contribution in [2.24, 2.45) is 0 Å². The van der Waals surface area contributed by atoms with Gasteiger partial charge in [-0.1, -0.05) is 0 Å². The van der Waals surface area contributed by atoms with Crippen LogP contribution in [0.5, 0.6) is 0 Å². The molecule has 0 aliphatic rings. The molecule has 1 heterocycles. The zero-order valence-corrected chi connectivity index (χ0v) is 10.8. The van der Waals surface area contributed by atoms with Crippen LogP contribution in [0.15, 0.2) is 14.4 Å². The van der Waals surface area contributed by atoms with Gasteiger partial charge in [-0.3, -0.25) is 0 Å². The minimum atomic E-state index is -0.887. The fourth-order valence-corrected chi connectivity index (χ4v) is 1.56. The quantitative estimate of drug-likeness (QED) is 0.484. The van der Waals surface area contributed by atoms with Crippen LogP contribution >= 0.6 is 0 Å². The molecule has 0 aromatic carbocycles. The van der Waals surface area contributed by atoms with Crippen molar-refractivity contribution in [3.63, 3.8) is 0 Å². The van der Waals surface area contributed by atoms with Crippen LogP contribution in [0.25, 0.3) is 0 Å². The maximum absolute atomic E-state index is 11.8. The van der Waals surface area contributed by atoms with Crippen LogP contribution in [0.1, 0.15) is 0 Å². The smallest absolute Gasteiger partial charge is 0.336 e. The number of aromatic nitrogens is 3. The number of rotatable bonds is 6. The summed E-state index contributed by atoms with van der Waals surface area (Å²) in [6, 6.07) is 0. The maximum atomic E-state index is 11.8. The SMILES string of the molecule is C=O.O=c1n(CCO)c(=O)n(CCO)c(=O)n1CCO. The van der Waals surface area contributed by atoms with Gasteiger partial charge >= 0.3 is 17.1 Å². The maximum Gasteiger partial charge on any atom is 0.336 e. The van der Waals surface area contributed by atoms with Crippen molar-refractivity contribution in [2.45, 2.75) is 19.6 Å². The number of aliphatic hydroxyl groups excluding tert-OH is 3. The van der Waals surface area contributed by atoms with Crippen LogP contribution in [0.4, 0.5) is 0 Å². The van der Waals surface area contributed by atoms with E-state index in [4.69, 9.17) is 20.1 Å². The summed E-state index contributed by atoms with van der Waals surface area (Å²) in [5, 5.41) is 26.4. The lowest BCUT2D eigenvalue weighted by atomic mass is 10.6. The summed E-state index contributed by atoms with van der Waals surface area (Å²) in [5.41, 5.74) is -2.66. The molecular formula is C10H17N3O7. The molecule has 1 aromatic heterocycles. The van der Waals surface area contributed by atoms with Crippen LogP contribution in [-0.4, -0.2) is 55.6 Å². The van der Waals surface area contributed by atoms with Gasteiger partial charge in [0.15, 0.2) is 0 Å². The third-order valence-electron chi connectivity index (χ3n) is 2.36. The van der Waals surface area contributed by atoms with Gasteiger partial charge in [-0.05, 0) is 0 Å². The first-order chi connectivity index (χ1) is 9.58. The van der Waals surface area contributed by atoms with Crippen molar-refractivity contribution in [3.05, 3.63) is 31.5 Å². The van der Waals surface area contributed by atoms with E-state index < -0.39 is 36.9 Å². The Balaban J connectivity index is 0.00000172. The molecule has 0 radical (unpaired) electrons. The van der Waals surface area contributed by atoms with E-state index in [0.29, 0.717) is 13.7 Å². The van der Waals surface area contributed by atoms with E-state index >= 15 is 0 Å². The van der Waals surface area contributed by atoms with Gasteiger partial charge in [0, 0.05) is 0 Å². The summed E-state index contributed by atoms with van der Waals surface area (Å²) in [6.07, 6.45) is 0. The fourth-order valence-electron chi connectivity index (χ4n) is 1.56. The third-order valence-corrected chi connectivity index (χ3v) is 2.36. The summed E-state index contributed by atoms with van der Waals surface area (Å²) in [5.74, 6) is 0. The van der Waals surface area contributed by atoms with Crippen LogP contribution < -0.4 is 17.1 Å². The van der Waals surface area contributed by atoms with Gasteiger partial charge in [0.1, 0.15) is 6.79 Å². The van der Waals surface area contributed by atoms with Crippen molar-refractivity contribution >= 4 is 6.79 Å². The molecule has 1 rings (SSSR count). The largest absolute Gasteiger partial charge is 0.395 e. The first-order valence-electron chi connectivity index (χ1n) is 5.64. The van der Waals surface area contributed by atoms with E-state index in [1.807, 2.05) is 6.79 Å². The molecule has 10 heteroatoms. The van der Waals surface area contributed by atoms with E-state index in [2.05, 4.69) is 0 Å². The summed E-state index contributed by atoms with van der Waals surface area (Å²) in [4.78, 5) is 43.3. The lowest BCUT2D eigenvalue weighted by Gasteiger charge is -2.11. The first-order valence-corrected chi connectivity index (χ1v) is 5.64. The molecule has 114 valence electrons. The summed E-state index contributed by atoms with van der Waals surface area (Å²) in [7, 11) is 0. The Morgan fingerprint density at radius 2 is 0.850 bits per heavy atom. The van der Waals surface area contributed by atoms with Gasteiger partial charge in [-0.25, -0.2) is 28.1 Å². The predicted octanol–water partition coefficient (Wildman–Crippen LogP) is -4.04. The monoisotopic (exact) mass is 291 g/mol. The molecular weight excluding hydrogens is 274 g/mol. The Morgan fingerprint density at radius 1 is 0.650 bits per heavy atom.